The minimum atomic E-state index is -0.0816. The molecule has 21 heavy (non-hydrogen) atoms. The Morgan fingerprint density at radius 2 is 2.33 bits per heavy atom. The molecule has 0 radical (unpaired) electrons. The van der Waals surface area contributed by atoms with E-state index in [1.54, 1.807) is 12.4 Å². The average Bonchev–Trinajstić information content (AvgIpc) is 3.19. The lowest BCUT2D eigenvalue weighted by Gasteiger charge is -2.20. The summed E-state index contributed by atoms with van der Waals surface area (Å²) in [5, 5.41) is 11.2. The maximum Gasteiger partial charge on any atom is 0.160 e. The molecule has 3 aromatic heterocycles. The monoisotopic (exact) mass is 285 g/mol. The van der Waals surface area contributed by atoms with E-state index in [4.69, 9.17) is 4.74 Å². The van der Waals surface area contributed by atoms with Gasteiger partial charge in [0, 0.05) is 26.0 Å². The molecule has 0 aliphatic carbocycles. The molecule has 108 valence electrons. The first-order valence-electron chi connectivity index (χ1n) is 6.82. The summed E-state index contributed by atoms with van der Waals surface area (Å²) in [6, 6.07) is 0.124. The standard InChI is InChI=1S/C13H15N7O/c1-20-4-3-14-13(20)10-9(2-5-21-10)18-11-8-6-17-19-12(8)16-7-15-11/h3-4,6-7,9-10H,2,5H2,1H3,(H2,15,16,17,18,19)/t9-,10-/m0/s1. The van der Waals surface area contributed by atoms with Gasteiger partial charge in [0.2, 0.25) is 0 Å². The molecule has 1 aliphatic rings. The summed E-state index contributed by atoms with van der Waals surface area (Å²) >= 11 is 0. The molecule has 3 aromatic rings. The number of nitrogens with zero attached hydrogens (tertiary/aromatic N) is 5. The fraction of sp³-hybridized carbons (Fsp3) is 0.385. The van der Waals surface area contributed by atoms with E-state index < -0.39 is 0 Å². The van der Waals surface area contributed by atoms with Crippen LogP contribution in [0.2, 0.25) is 0 Å². The zero-order valence-electron chi connectivity index (χ0n) is 11.5. The van der Waals surface area contributed by atoms with Crippen molar-refractivity contribution in [2.45, 2.75) is 18.6 Å². The first-order valence-corrected chi connectivity index (χ1v) is 6.82. The van der Waals surface area contributed by atoms with Crippen LogP contribution in [-0.4, -0.2) is 42.4 Å². The third kappa shape index (κ3) is 2.04. The number of rotatable bonds is 3. The number of imidazole rings is 1. The van der Waals surface area contributed by atoms with Crippen LogP contribution in [0.5, 0.6) is 0 Å². The van der Waals surface area contributed by atoms with Crippen molar-refractivity contribution >= 4 is 16.9 Å². The van der Waals surface area contributed by atoms with Crippen molar-refractivity contribution in [3.8, 4) is 0 Å². The predicted octanol–water partition coefficient (Wildman–Crippen LogP) is 1.03. The van der Waals surface area contributed by atoms with Crippen LogP contribution in [0.1, 0.15) is 18.3 Å². The van der Waals surface area contributed by atoms with Gasteiger partial charge in [-0.05, 0) is 6.42 Å². The van der Waals surface area contributed by atoms with Crippen molar-refractivity contribution in [3.05, 3.63) is 30.7 Å². The molecule has 1 fully saturated rings. The van der Waals surface area contributed by atoms with Gasteiger partial charge in [-0.15, -0.1) is 0 Å². The number of fused-ring (bicyclic) bond motifs is 1. The number of anilines is 1. The van der Waals surface area contributed by atoms with Gasteiger partial charge in [-0.3, -0.25) is 5.10 Å². The Labute approximate surface area is 120 Å². The summed E-state index contributed by atoms with van der Waals surface area (Å²) in [6.07, 6.45) is 7.78. The molecular formula is C13H15N7O. The molecule has 0 amide bonds. The lowest BCUT2D eigenvalue weighted by Crippen LogP contribution is -2.25. The van der Waals surface area contributed by atoms with Crippen LogP contribution >= 0.6 is 0 Å². The topological polar surface area (TPSA) is 93.5 Å². The highest BCUT2D eigenvalue weighted by atomic mass is 16.5. The zero-order chi connectivity index (χ0) is 14.2. The number of H-pyrrole nitrogens is 1. The molecule has 0 aromatic carbocycles. The van der Waals surface area contributed by atoms with Gasteiger partial charge in [0.15, 0.2) is 5.65 Å². The number of aromatic nitrogens is 6. The Morgan fingerprint density at radius 3 is 3.19 bits per heavy atom. The normalized spacial score (nSPS) is 22.0. The van der Waals surface area contributed by atoms with Gasteiger partial charge >= 0.3 is 0 Å². The van der Waals surface area contributed by atoms with E-state index >= 15 is 0 Å². The van der Waals surface area contributed by atoms with Crippen molar-refractivity contribution in [3.63, 3.8) is 0 Å². The molecule has 0 saturated carbocycles. The summed E-state index contributed by atoms with van der Waals surface area (Å²) < 4.78 is 7.83. The number of aryl methyl sites for hydroxylation is 1. The number of ether oxygens (including phenoxy) is 1. The van der Waals surface area contributed by atoms with E-state index in [9.17, 15) is 0 Å². The Hall–Kier alpha value is -2.48. The fourth-order valence-electron chi connectivity index (χ4n) is 2.70. The molecule has 4 heterocycles. The molecule has 2 atom stereocenters. The molecule has 1 aliphatic heterocycles. The number of hydrogen-bond acceptors (Lipinski definition) is 6. The Kier molecular flexibility index (Phi) is 2.81. The zero-order valence-corrected chi connectivity index (χ0v) is 11.5. The predicted molar refractivity (Wildman–Crippen MR) is 75.6 cm³/mol. The van der Waals surface area contributed by atoms with E-state index in [1.807, 2.05) is 17.8 Å². The summed E-state index contributed by atoms with van der Waals surface area (Å²) in [6.45, 7) is 0.703. The van der Waals surface area contributed by atoms with E-state index in [2.05, 4.69) is 30.5 Å². The quantitative estimate of drug-likeness (QED) is 0.746. The van der Waals surface area contributed by atoms with Gasteiger partial charge < -0.3 is 14.6 Å². The lowest BCUT2D eigenvalue weighted by molar-refractivity contribution is 0.0983. The van der Waals surface area contributed by atoms with Crippen molar-refractivity contribution < 1.29 is 4.74 Å². The molecule has 1 saturated heterocycles. The second-order valence-corrected chi connectivity index (χ2v) is 5.08. The van der Waals surface area contributed by atoms with Gasteiger partial charge in [-0.25, -0.2) is 15.0 Å². The van der Waals surface area contributed by atoms with E-state index in [-0.39, 0.29) is 12.1 Å². The minimum absolute atomic E-state index is 0.0816. The van der Waals surface area contributed by atoms with E-state index in [0.29, 0.717) is 6.61 Å². The van der Waals surface area contributed by atoms with Crippen molar-refractivity contribution in [1.82, 2.24) is 29.7 Å². The smallest absolute Gasteiger partial charge is 0.160 e. The summed E-state index contributed by atoms with van der Waals surface area (Å²) in [4.78, 5) is 12.8. The van der Waals surface area contributed by atoms with E-state index in [1.165, 1.54) is 6.33 Å². The van der Waals surface area contributed by atoms with Gasteiger partial charge in [0.25, 0.3) is 0 Å². The third-order valence-electron chi connectivity index (χ3n) is 3.77. The second-order valence-electron chi connectivity index (χ2n) is 5.08. The van der Waals surface area contributed by atoms with E-state index in [0.717, 1.165) is 29.1 Å². The van der Waals surface area contributed by atoms with Gasteiger partial charge in [-0.1, -0.05) is 0 Å². The van der Waals surface area contributed by atoms with Crippen molar-refractivity contribution in [2.24, 2.45) is 7.05 Å². The molecular weight excluding hydrogens is 270 g/mol. The summed E-state index contributed by atoms with van der Waals surface area (Å²) in [5.41, 5.74) is 0.722. The van der Waals surface area contributed by atoms with Crippen molar-refractivity contribution in [1.29, 1.82) is 0 Å². The third-order valence-corrected chi connectivity index (χ3v) is 3.77. The largest absolute Gasteiger partial charge is 0.368 e. The van der Waals surface area contributed by atoms with Crippen LogP contribution < -0.4 is 5.32 Å². The number of nitrogens with one attached hydrogen (secondary N) is 2. The Balaban J connectivity index is 1.64. The number of hydrogen-bond donors (Lipinski definition) is 2. The molecule has 0 spiro atoms. The summed E-state index contributed by atoms with van der Waals surface area (Å²) in [5.74, 6) is 1.69. The second kappa shape index (κ2) is 4.81. The van der Waals surface area contributed by atoms with Gasteiger partial charge in [0.1, 0.15) is 24.1 Å². The lowest BCUT2D eigenvalue weighted by atomic mass is 10.1. The molecule has 0 unspecified atom stereocenters. The van der Waals surface area contributed by atoms with Crippen LogP contribution in [0.15, 0.2) is 24.9 Å². The van der Waals surface area contributed by atoms with Crippen molar-refractivity contribution in [2.75, 3.05) is 11.9 Å². The van der Waals surface area contributed by atoms with Crippen LogP contribution in [0, 0.1) is 0 Å². The highest BCUT2D eigenvalue weighted by Gasteiger charge is 2.33. The maximum absolute atomic E-state index is 5.84. The van der Waals surface area contributed by atoms with Crippen LogP contribution in [-0.2, 0) is 11.8 Å². The molecule has 0 bridgehead atoms. The summed E-state index contributed by atoms with van der Waals surface area (Å²) in [7, 11) is 1.97. The number of aromatic amines is 1. The fourth-order valence-corrected chi connectivity index (χ4v) is 2.70. The highest BCUT2D eigenvalue weighted by molar-refractivity contribution is 5.85. The van der Waals surface area contributed by atoms with Crippen LogP contribution in [0.3, 0.4) is 0 Å². The van der Waals surface area contributed by atoms with Gasteiger partial charge in [-0.2, -0.15) is 5.10 Å². The Morgan fingerprint density at radius 1 is 1.38 bits per heavy atom. The molecule has 4 rings (SSSR count). The molecule has 8 nitrogen and oxygen atoms in total. The maximum atomic E-state index is 5.84. The van der Waals surface area contributed by atoms with Crippen LogP contribution in [0.25, 0.3) is 11.0 Å². The Bertz CT molecular complexity index is 765. The minimum Gasteiger partial charge on any atom is -0.368 e. The molecule has 2 N–H and O–H groups in total. The SMILES string of the molecule is Cn1ccnc1[C@H]1OCC[C@@H]1Nc1ncnc2[nH]ncc12. The van der Waals surface area contributed by atoms with Crippen LogP contribution in [0.4, 0.5) is 5.82 Å². The van der Waals surface area contributed by atoms with Gasteiger partial charge in [0.05, 0.1) is 17.6 Å². The first kappa shape index (κ1) is 12.3. The first-order chi connectivity index (χ1) is 10.3. The highest BCUT2D eigenvalue weighted by Crippen LogP contribution is 2.31. The average molecular weight is 285 g/mol. The molecule has 8 heteroatoms.